The lowest BCUT2D eigenvalue weighted by atomic mass is 9.87. The Hall–Kier alpha value is -4.03. The maximum atomic E-state index is 11.6. The smallest absolute Gasteiger partial charge is 0.248 e. The third-order valence-corrected chi connectivity index (χ3v) is 8.03. The Bertz CT molecular complexity index is 1490. The van der Waals surface area contributed by atoms with Crippen LogP contribution in [0.1, 0.15) is 76.6 Å². The van der Waals surface area contributed by atoms with E-state index in [1.807, 2.05) is 6.92 Å². The fourth-order valence-electron chi connectivity index (χ4n) is 5.82. The molecular formula is C34H38N4O2. The second kappa shape index (κ2) is 12.0. The highest BCUT2D eigenvalue weighted by atomic mass is 16.5. The molecule has 0 saturated heterocycles. The van der Waals surface area contributed by atoms with Gasteiger partial charge in [-0.25, -0.2) is 4.98 Å². The maximum absolute atomic E-state index is 11.6. The molecule has 0 unspecified atom stereocenters. The van der Waals surface area contributed by atoms with Crippen molar-refractivity contribution in [3.63, 3.8) is 0 Å². The molecule has 1 amide bonds. The number of rotatable bonds is 9. The van der Waals surface area contributed by atoms with Crippen LogP contribution >= 0.6 is 0 Å². The van der Waals surface area contributed by atoms with Gasteiger partial charge in [0.05, 0.1) is 5.56 Å². The molecule has 1 aromatic heterocycles. The van der Waals surface area contributed by atoms with E-state index in [0.29, 0.717) is 35.6 Å². The summed E-state index contributed by atoms with van der Waals surface area (Å²) in [7, 11) is 2.17. The van der Waals surface area contributed by atoms with Crippen LogP contribution in [0.3, 0.4) is 0 Å². The summed E-state index contributed by atoms with van der Waals surface area (Å²) < 4.78 is 6.46. The summed E-state index contributed by atoms with van der Waals surface area (Å²) in [5, 5.41) is 0. The number of amides is 1. The first-order chi connectivity index (χ1) is 19.4. The summed E-state index contributed by atoms with van der Waals surface area (Å²) in [5.74, 6) is 1.36. The average molecular weight is 535 g/mol. The van der Waals surface area contributed by atoms with Gasteiger partial charge >= 0.3 is 0 Å². The van der Waals surface area contributed by atoms with E-state index in [0.717, 1.165) is 42.5 Å². The lowest BCUT2D eigenvalue weighted by Crippen LogP contribution is -2.28. The Morgan fingerprint density at radius 3 is 2.35 bits per heavy atom. The van der Waals surface area contributed by atoms with Crippen molar-refractivity contribution in [2.24, 2.45) is 5.73 Å². The molecule has 3 aromatic carbocycles. The number of primary amides is 1. The predicted molar refractivity (Wildman–Crippen MR) is 160 cm³/mol. The molecule has 6 nitrogen and oxygen atoms in total. The van der Waals surface area contributed by atoms with E-state index in [-0.39, 0.29) is 0 Å². The van der Waals surface area contributed by atoms with Crippen LogP contribution in [0.15, 0.2) is 66.7 Å². The number of carbonyl (C=O) groups excluding carboxylic acids is 1. The van der Waals surface area contributed by atoms with E-state index in [2.05, 4.69) is 68.3 Å². The Balaban J connectivity index is 1.57. The summed E-state index contributed by atoms with van der Waals surface area (Å²) >= 11 is 0. The molecule has 0 saturated carbocycles. The number of nitrogens with zero attached hydrogens (tertiary/aromatic N) is 3. The average Bonchev–Trinajstić information content (AvgIpc) is 2.98. The molecule has 1 aliphatic carbocycles. The van der Waals surface area contributed by atoms with E-state index >= 15 is 0 Å². The summed E-state index contributed by atoms with van der Waals surface area (Å²) in [6, 6.07) is 22.4. The van der Waals surface area contributed by atoms with Crippen molar-refractivity contribution in [1.29, 1.82) is 0 Å². The first-order valence-electron chi connectivity index (χ1n) is 14.2. The van der Waals surface area contributed by atoms with Gasteiger partial charge in [0.1, 0.15) is 5.75 Å². The lowest BCUT2D eigenvalue weighted by molar-refractivity contribution is 0.100. The van der Waals surface area contributed by atoms with Crippen molar-refractivity contribution in [3.8, 4) is 23.0 Å². The Labute approximate surface area is 237 Å². The number of fused-ring (bicyclic) bond motifs is 1. The van der Waals surface area contributed by atoms with Crippen LogP contribution in [-0.2, 0) is 25.8 Å². The van der Waals surface area contributed by atoms with Crippen molar-refractivity contribution >= 4 is 5.91 Å². The Morgan fingerprint density at radius 2 is 1.68 bits per heavy atom. The van der Waals surface area contributed by atoms with Crippen LogP contribution in [0.4, 0.5) is 0 Å². The lowest BCUT2D eigenvalue weighted by Gasteiger charge is -2.33. The van der Waals surface area contributed by atoms with Crippen LogP contribution in [0.25, 0.3) is 11.4 Å². The van der Waals surface area contributed by atoms with Gasteiger partial charge in [0.25, 0.3) is 0 Å². The maximum Gasteiger partial charge on any atom is 0.248 e. The standard InChI is InChI=1S/C34H38N4O2/c1-5-23-12-9-13-24(6-2)31(23)33-36-22(3)29(34(37-33)40-27-19-17-26(18-20-27)32(35)39)21-38(4)30-16-10-14-25-11-7-8-15-28(25)30/h7-9,11-13,15,17-20,30H,5-6,10,14,16,21H2,1-4H3,(H2,35,39)/t30-/m0/s1. The van der Waals surface area contributed by atoms with Gasteiger partial charge in [-0.15, -0.1) is 0 Å². The molecule has 0 fully saturated rings. The summed E-state index contributed by atoms with van der Waals surface area (Å²) in [6.45, 7) is 7.02. The molecule has 1 aliphatic rings. The number of benzene rings is 3. The van der Waals surface area contributed by atoms with Crippen LogP contribution in [0.5, 0.6) is 11.6 Å². The van der Waals surface area contributed by atoms with Crippen molar-refractivity contribution < 1.29 is 9.53 Å². The molecule has 0 bridgehead atoms. The number of nitrogens with two attached hydrogens (primary N) is 1. The van der Waals surface area contributed by atoms with Crippen molar-refractivity contribution in [2.75, 3.05) is 7.05 Å². The van der Waals surface area contributed by atoms with Gasteiger partial charge in [-0.1, -0.05) is 56.3 Å². The fraction of sp³-hybridized carbons (Fsp3) is 0.324. The summed E-state index contributed by atoms with van der Waals surface area (Å²) in [5.41, 5.74) is 14.1. The first-order valence-corrected chi connectivity index (χ1v) is 14.2. The van der Waals surface area contributed by atoms with Crippen molar-refractivity contribution in [2.45, 2.75) is 65.5 Å². The quantitative estimate of drug-likeness (QED) is 0.251. The van der Waals surface area contributed by atoms with Gasteiger partial charge in [-0.3, -0.25) is 9.69 Å². The summed E-state index contributed by atoms with van der Waals surface area (Å²) in [6.07, 6.45) is 5.19. The molecule has 0 spiro atoms. The molecule has 1 atom stereocenters. The zero-order chi connectivity index (χ0) is 28.2. The minimum atomic E-state index is -0.468. The number of ether oxygens (including phenoxy) is 1. The molecular weight excluding hydrogens is 496 g/mol. The molecule has 1 heterocycles. The normalized spacial score (nSPS) is 14.7. The first kappa shape index (κ1) is 27.5. The van der Waals surface area contributed by atoms with Crippen LogP contribution < -0.4 is 10.5 Å². The SMILES string of the molecule is CCc1cccc(CC)c1-c1nc(C)c(CN(C)[C@H]2CCCc3ccccc32)c(Oc2ccc(C(N)=O)cc2)n1. The van der Waals surface area contributed by atoms with E-state index < -0.39 is 5.91 Å². The van der Waals surface area contributed by atoms with Crippen LogP contribution in [0.2, 0.25) is 0 Å². The summed E-state index contributed by atoms with van der Waals surface area (Å²) in [4.78, 5) is 24.1. The second-order valence-corrected chi connectivity index (χ2v) is 10.6. The van der Waals surface area contributed by atoms with Crippen LogP contribution in [-0.4, -0.2) is 27.8 Å². The zero-order valence-electron chi connectivity index (χ0n) is 23.9. The van der Waals surface area contributed by atoms with Gasteiger partial charge in [0.15, 0.2) is 5.82 Å². The number of hydrogen-bond acceptors (Lipinski definition) is 5. The molecule has 6 heteroatoms. The highest BCUT2D eigenvalue weighted by molar-refractivity contribution is 5.92. The third-order valence-electron chi connectivity index (χ3n) is 8.03. The predicted octanol–water partition coefficient (Wildman–Crippen LogP) is 6.98. The minimum Gasteiger partial charge on any atom is -0.439 e. The van der Waals surface area contributed by atoms with Crippen LogP contribution in [0, 0.1) is 6.92 Å². The monoisotopic (exact) mass is 534 g/mol. The Kier molecular flexibility index (Phi) is 8.27. The molecule has 5 rings (SSSR count). The van der Waals surface area contributed by atoms with Gasteiger partial charge in [0.2, 0.25) is 11.8 Å². The van der Waals surface area contributed by atoms with E-state index in [1.54, 1.807) is 24.3 Å². The molecule has 4 aromatic rings. The van der Waals surface area contributed by atoms with Gasteiger partial charge in [-0.05, 0) is 92.6 Å². The number of carbonyl (C=O) groups is 1. The second-order valence-electron chi connectivity index (χ2n) is 10.6. The Morgan fingerprint density at radius 1 is 0.975 bits per heavy atom. The minimum absolute atomic E-state index is 0.319. The number of hydrogen-bond donors (Lipinski definition) is 1. The molecule has 2 N–H and O–H groups in total. The molecule has 40 heavy (non-hydrogen) atoms. The van der Waals surface area contributed by atoms with E-state index in [9.17, 15) is 4.79 Å². The highest BCUT2D eigenvalue weighted by Gasteiger charge is 2.26. The van der Waals surface area contributed by atoms with E-state index in [1.165, 1.54) is 28.7 Å². The number of aryl methyl sites for hydroxylation is 4. The zero-order valence-corrected chi connectivity index (χ0v) is 23.9. The largest absolute Gasteiger partial charge is 0.439 e. The van der Waals surface area contributed by atoms with Gasteiger partial charge < -0.3 is 10.5 Å². The number of aromatic nitrogens is 2. The molecule has 0 radical (unpaired) electrons. The van der Waals surface area contributed by atoms with E-state index in [4.69, 9.17) is 20.4 Å². The highest BCUT2D eigenvalue weighted by Crippen LogP contribution is 2.37. The third kappa shape index (κ3) is 5.63. The molecule has 206 valence electrons. The topological polar surface area (TPSA) is 81.3 Å². The fourth-order valence-corrected chi connectivity index (χ4v) is 5.82. The van der Waals surface area contributed by atoms with Gasteiger partial charge in [-0.2, -0.15) is 4.98 Å². The van der Waals surface area contributed by atoms with Gasteiger partial charge in [0, 0.05) is 29.4 Å². The molecule has 0 aliphatic heterocycles. The van der Waals surface area contributed by atoms with Crippen molar-refractivity contribution in [1.82, 2.24) is 14.9 Å². The van der Waals surface area contributed by atoms with Crippen molar-refractivity contribution in [3.05, 3.63) is 106 Å².